The molecule has 0 saturated heterocycles. The highest BCUT2D eigenvalue weighted by atomic mass is 16.1. The van der Waals surface area contributed by atoms with Gasteiger partial charge in [0.2, 0.25) is 0 Å². The van der Waals surface area contributed by atoms with E-state index in [-0.39, 0.29) is 10.8 Å². The highest BCUT2D eigenvalue weighted by Crippen LogP contribution is 2.47. The molecule has 192 valence electrons. The fraction of sp³-hybridized carbons (Fsp3) is 0.667. The summed E-state index contributed by atoms with van der Waals surface area (Å²) < 4.78 is 0. The molecule has 0 heterocycles. The van der Waals surface area contributed by atoms with E-state index in [4.69, 9.17) is 0 Å². The molecular weight excluding hydrogens is 412 g/mol. The van der Waals surface area contributed by atoms with Crippen molar-refractivity contribution in [2.75, 3.05) is 0 Å². The Kier molecular flexibility index (Phi) is 12.6. The average molecular weight is 467 g/mol. The maximum atomic E-state index is 12.5. The first-order valence-electron chi connectivity index (χ1n) is 13.8. The number of allylic oxidation sites excluding steroid dienone is 2. The number of carbonyl (C=O) groups is 1. The molecule has 1 heteroatoms. The lowest BCUT2D eigenvalue weighted by molar-refractivity contribution is 0.0978. The highest BCUT2D eigenvalue weighted by molar-refractivity contribution is 5.96. The summed E-state index contributed by atoms with van der Waals surface area (Å²) in [6.45, 7) is 22.9. The van der Waals surface area contributed by atoms with Gasteiger partial charge in [-0.2, -0.15) is 0 Å². The Morgan fingerprint density at radius 3 is 1.97 bits per heavy atom. The Hall–Kier alpha value is -1.63. The van der Waals surface area contributed by atoms with E-state index in [9.17, 15) is 4.79 Å². The standard InChI is InChI=1S/C29H46O.C4H8/c1-7-27(3,4)28(5,6)23-24-16-18-25(19-17-24)26(30)15-12-10-9-11-13-20-29(8-2)21-14-22-29;1-4(2)3/h7,16-19H,1,8-15,20-23H2,2-6H3;1H2,2-3H3. The quantitative estimate of drug-likeness (QED) is 0.151. The minimum absolute atomic E-state index is 0.0660. The number of rotatable bonds is 14. The van der Waals surface area contributed by atoms with Crippen LogP contribution in [0.2, 0.25) is 0 Å². The molecule has 2 rings (SSSR count). The van der Waals surface area contributed by atoms with Crippen molar-refractivity contribution >= 4 is 5.78 Å². The van der Waals surface area contributed by atoms with Gasteiger partial charge in [0.25, 0.3) is 0 Å². The zero-order valence-corrected chi connectivity index (χ0v) is 23.7. The van der Waals surface area contributed by atoms with Crippen LogP contribution in [-0.4, -0.2) is 5.78 Å². The number of benzene rings is 1. The van der Waals surface area contributed by atoms with Gasteiger partial charge in [-0.25, -0.2) is 0 Å². The smallest absolute Gasteiger partial charge is 0.162 e. The first kappa shape index (κ1) is 30.4. The second-order valence-corrected chi connectivity index (χ2v) is 12.3. The van der Waals surface area contributed by atoms with Gasteiger partial charge in [-0.05, 0) is 67.8 Å². The van der Waals surface area contributed by atoms with E-state index in [1.165, 1.54) is 68.9 Å². The summed E-state index contributed by atoms with van der Waals surface area (Å²) in [6.07, 6.45) is 17.1. The third-order valence-corrected chi connectivity index (χ3v) is 8.45. The predicted octanol–water partition coefficient (Wildman–Crippen LogP) is 10.5. The van der Waals surface area contributed by atoms with Gasteiger partial charge in [-0.3, -0.25) is 4.79 Å². The molecule has 0 atom stereocenters. The van der Waals surface area contributed by atoms with Gasteiger partial charge in [-0.15, -0.1) is 13.2 Å². The Morgan fingerprint density at radius 1 is 0.971 bits per heavy atom. The molecule has 0 bridgehead atoms. The van der Waals surface area contributed by atoms with Crippen LogP contribution in [0.4, 0.5) is 0 Å². The molecular formula is C33H54O. The van der Waals surface area contributed by atoms with Crippen molar-refractivity contribution in [3.8, 4) is 0 Å². The molecule has 0 aliphatic heterocycles. The lowest BCUT2D eigenvalue weighted by Gasteiger charge is -2.41. The van der Waals surface area contributed by atoms with Crippen molar-refractivity contribution in [1.82, 2.24) is 0 Å². The molecule has 1 nitrogen and oxygen atoms in total. The van der Waals surface area contributed by atoms with Crippen LogP contribution in [0.25, 0.3) is 0 Å². The van der Waals surface area contributed by atoms with Gasteiger partial charge in [0.1, 0.15) is 0 Å². The molecule has 1 saturated carbocycles. The van der Waals surface area contributed by atoms with E-state index in [0.717, 1.165) is 18.4 Å². The number of hydrogen-bond donors (Lipinski definition) is 0. The summed E-state index contributed by atoms with van der Waals surface area (Å²) in [7, 11) is 0. The van der Waals surface area contributed by atoms with Crippen molar-refractivity contribution in [2.24, 2.45) is 16.2 Å². The van der Waals surface area contributed by atoms with Crippen molar-refractivity contribution in [1.29, 1.82) is 0 Å². The second-order valence-electron chi connectivity index (χ2n) is 12.3. The lowest BCUT2D eigenvalue weighted by atomic mass is 9.64. The van der Waals surface area contributed by atoms with Crippen LogP contribution in [0.3, 0.4) is 0 Å². The molecule has 1 fully saturated rings. The van der Waals surface area contributed by atoms with Crippen molar-refractivity contribution in [2.45, 2.75) is 126 Å². The number of ketones is 1. The van der Waals surface area contributed by atoms with E-state index < -0.39 is 0 Å². The highest BCUT2D eigenvalue weighted by Gasteiger charge is 2.34. The largest absolute Gasteiger partial charge is 0.294 e. The first-order valence-corrected chi connectivity index (χ1v) is 13.8. The molecule has 1 aliphatic rings. The van der Waals surface area contributed by atoms with Crippen molar-refractivity contribution in [3.05, 3.63) is 60.2 Å². The summed E-state index contributed by atoms with van der Waals surface area (Å²) >= 11 is 0. The molecule has 34 heavy (non-hydrogen) atoms. The number of Topliss-reactive ketones (excluding diaryl/α,β-unsaturated/α-hetero) is 1. The summed E-state index contributed by atoms with van der Waals surface area (Å²) in [5, 5.41) is 0. The van der Waals surface area contributed by atoms with Gasteiger partial charge in [0, 0.05) is 12.0 Å². The number of hydrogen-bond acceptors (Lipinski definition) is 1. The average Bonchev–Trinajstić information content (AvgIpc) is 2.74. The van der Waals surface area contributed by atoms with E-state index >= 15 is 0 Å². The topological polar surface area (TPSA) is 17.1 Å². The summed E-state index contributed by atoms with van der Waals surface area (Å²) in [5.74, 6) is 0.298. The molecule has 0 N–H and O–H groups in total. The van der Waals surface area contributed by atoms with E-state index in [1.54, 1.807) is 0 Å². The van der Waals surface area contributed by atoms with Crippen LogP contribution < -0.4 is 0 Å². The van der Waals surface area contributed by atoms with Crippen LogP contribution in [0, 0.1) is 16.2 Å². The van der Waals surface area contributed by atoms with E-state index in [0.29, 0.717) is 17.6 Å². The van der Waals surface area contributed by atoms with Crippen molar-refractivity contribution < 1.29 is 4.79 Å². The van der Waals surface area contributed by atoms with Crippen molar-refractivity contribution in [3.63, 3.8) is 0 Å². The summed E-state index contributed by atoms with van der Waals surface area (Å²) in [6, 6.07) is 8.32. The third kappa shape index (κ3) is 9.93. The predicted molar refractivity (Wildman–Crippen MR) is 152 cm³/mol. The minimum Gasteiger partial charge on any atom is -0.294 e. The molecule has 0 unspecified atom stereocenters. The Balaban J connectivity index is 0.00000133. The summed E-state index contributed by atoms with van der Waals surface area (Å²) in [4.78, 5) is 12.5. The monoisotopic (exact) mass is 466 g/mol. The molecule has 0 spiro atoms. The Bertz CT molecular complexity index is 749. The van der Waals surface area contributed by atoms with Gasteiger partial charge in [-0.1, -0.05) is 109 Å². The molecule has 0 aromatic heterocycles. The second kappa shape index (κ2) is 14.1. The van der Waals surface area contributed by atoms with Crippen LogP contribution >= 0.6 is 0 Å². The lowest BCUT2D eigenvalue weighted by Crippen LogP contribution is -2.32. The number of carbonyl (C=O) groups excluding carboxylic acids is 1. The Labute approximate surface area is 212 Å². The summed E-state index contributed by atoms with van der Waals surface area (Å²) in [5.41, 5.74) is 4.22. The maximum Gasteiger partial charge on any atom is 0.162 e. The van der Waals surface area contributed by atoms with E-state index in [1.807, 2.05) is 26.0 Å². The van der Waals surface area contributed by atoms with Gasteiger partial charge < -0.3 is 0 Å². The SMILES string of the molecule is C=C(C)C.C=CC(C)(C)C(C)(C)Cc1ccc(C(=O)CCCCCCCC2(CC)CCC2)cc1. The van der Waals surface area contributed by atoms with Crippen LogP contribution in [0.5, 0.6) is 0 Å². The normalized spacial score (nSPS) is 15.0. The van der Waals surface area contributed by atoms with Gasteiger partial charge in [0.15, 0.2) is 5.78 Å². The fourth-order valence-corrected chi connectivity index (χ4v) is 4.74. The molecule has 1 aromatic carbocycles. The fourth-order valence-electron chi connectivity index (χ4n) is 4.74. The molecule has 1 aliphatic carbocycles. The van der Waals surface area contributed by atoms with Gasteiger partial charge >= 0.3 is 0 Å². The maximum absolute atomic E-state index is 12.5. The Morgan fingerprint density at radius 2 is 1.50 bits per heavy atom. The zero-order chi connectivity index (χ0) is 25.8. The van der Waals surface area contributed by atoms with Crippen LogP contribution in [0.15, 0.2) is 49.1 Å². The molecule has 0 radical (unpaired) electrons. The van der Waals surface area contributed by atoms with Crippen LogP contribution in [0.1, 0.15) is 135 Å². The first-order chi connectivity index (χ1) is 15.9. The van der Waals surface area contributed by atoms with E-state index in [2.05, 4.69) is 66.0 Å². The molecule has 1 aromatic rings. The van der Waals surface area contributed by atoms with Gasteiger partial charge in [0.05, 0.1) is 0 Å². The number of unbranched alkanes of at least 4 members (excludes halogenated alkanes) is 4. The molecule has 0 amide bonds. The zero-order valence-electron chi connectivity index (χ0n) is 23.7. The minimum atomic E-state index is 0.0660. The third-order valence-electron chi connectivity index (χ3n) is 8.45. The van der Waals surface area contributed by atoms with Crippen LogP contribution in [-0.2, 0) is 6.42 Å².